The van der Waals surface area contributed by atoms with Gasteiger partial charge in [-0.25, -0.2) is 4.98 Å². The van der Waals surface area contributed by atoms with Crippen LogP contribution in [0, 0.1) is 0 Å². The summed E-state index contributed by atoms with van der Waals surface area (Å²) in [6.07, 6.45) is 4.89. The minimum absolute atomic E-state index is 0.111. The number of likely N-dealkylation sites (tertiary alicyclic amines) is 1. The van der Waals surface area contributed by atoms with E-state index in [-0.39, 0.29) is 22.9 Å². The van der Waals surface area contributed by atoms with Gasteiger partial charge in [-0.1, -0.05) is 11.6 Å². The van der Waals surface area contributed by atoms with Gasteiger partial charge in [0.2, 0.25) is 0 Å². The number of hydrogen-bond acceptors (Lipinski definition) is 4. The fraction of sp³-hybridized carbons (Fsp3) is 0.545. The molecule has 1 atom stereocenters. The Kier molecular flexibility index (Phi) is 3.91. The van der Waals surface area contributed by atoms with Crippen molar-refractivity contribution in [3.8, 4) is 0 Å². The summed E-state index contributed by atoms with van der Waals surface area (Å²) < 4.78 is 5.28. The van der Waals surface area contributed by atoms with Crippen LogP contribution in [0.1, 0.15) is 23.3 Å². The topological polar surface area (TPSA) is 55.3 Å². The van der Waals surface area contributed by atoms with Gasteiger partial charge >= 0.3 is 0 Å². The van der Waals surface area contributed by atoms with Gasteiger partial charge in [-0.3, -0.25) is 9.78 Å². The van der Waals surface area contributed by atoms with Crippen LogP contribution in [0.15, 0.2) is 12.4 Å². The fourth-order valence-electron chi connectivity index (χ4n) is 1.92. The highest BCUT2D eigenvalue weighted by Gasteiger charge is 2.25. The monoisotopic (exact) mass is 255 g/mol. The molecule has 1 aromatic heterocycles. The molecule has 0 aromatic carbocycles. The first-order valence-corrected chi connectivity index (χ1v) is 5.88. The lowest BCUT2D eigenvalue weighted by Crippen LogP contribution is -2.43. The number of nitrogens with zero attached hydrogens (tertiary/aromatic N) is 3. The number of amides is 1. The van der Waals surface area contributed by atoms with E-state index in [2.05, 4.69) is 9.97 Å². The first-order valence-electron chi connectivity index (χ1n) is 5.50. The minimum Gasteiger partial charge on any atom is -0.380 e. The van der Waals surface area contributed by atoms with Crippen molar-refractivity contribution >= 4 is 17.5 Å². The molecule has 92 valence electrons. The van der Waals surface area contributed by atoms with E-state index in [4.69, 9.17) is 16.3 Å². The maximum absolute atomic E-state index is 12.1. The molecule has 0 aliphatic carbocycles. The molecule has 1 amide bonds. The lowest BCUT2D eigenvalue weighted by atomic mass is 10.1. The third-order valence-electron chi connectivity index (χ3n) is 2.82. The van der Waals surface area contributed by atoms with Gasteiger partial charge in [0, 0.05) is 20.2 Å². The maximum atomic E-state index is 12.1. The van der Waals surface area contributed by atoms with E-state index in [1.165, 1.54) is 12.4 Å². The third-order valence-corrected chi connectivity index (χ3v) is 3.01. The van der Waals surface area contributed by atoms with E-state index in [1.54, 1.807) is 12.0 Å². The molecule has 0 bridgehead atoms. The smallest absolute Gasteiger partial charge is 0.274 e. The average molecular weight is 256 g/mol. The van der Waals surface area contributed by atoms with E-state index in [1.807, 2.05) is 0 Å². The Balaban J connectivity index is 2.09. The van der Waals surface area contributed by atoms with E-state index < -0.39 is 0 Å². The van der Waals surface area contributed by atoms with Gasteiger partial charge in [0.15, 0.2) is 0 Å². The zero-order valence-corrected chi connectivity index (χ0v) is 10.4. The molecule has 6 heteroatoms. The van der Waals surface area contributed by atoms with Gasteiger partial charge in [0.1, 0.15) is 10.8 Å². The van der Waals surface area contributed by atoms with Gasteiger partial charge < -0.3 is 9.64 Å². The molecule has 0 spiro atoms. The van der Waals surface area contributed by atoms with E-state index in [0.29, 0.717) is 6.54 Å². The summed E-state index contributed by atoms with van der Waals surface area (Å²) in [6, 6.07) is 0. The van der Waals surface area contributed by atoms with Crippen LogP contribution in [0.25, 0.3) is 0 Å². The van der Waals surface area contributed by atoms with Crippen molar-refractivity contribution in [1.29, 1.82) is 0 Å². The Morgan fingerprint density at radius 3 is 3.12 bits per heavy atom. The zero-order valence-electron chi connectivity index (χ0n) is 9.60. The molecule has 1 aliphatic rings. The van der Waals surface area contributed by atoms with Crippen LogP contribution < -0.4 is 0 Å². The molecule has 2 heterocycles. The van der Waals surface area contributed by atoms with E-state index in [9.17, 15) is 4.79 Å². The Bertz CT molecular complexity index is 413. The number of methoxy groups -OCH3 is 1. The first kappa shape index (κ1) is 12.3. The highest BCUT2D eigenvalue weighted by atomic mass is 35.5. The number of aromatic nitrogens is 2. The normalized spacial score (nSPS) is 20.4. The van der Waals surface area contributed by atoms with Gasteiger partial charge in [0.05, 0.1) is 18.5 Å². The summed E-state index contributed by atoms with van der Waals surface area (Å²) in [5.74, 6) is -0.137. The van der Waals surface area contributed by atoms with Crippen LogP contribution in [0.5, 0.6) is 0 Å². The standard InChI is InChI=1S/C11H14ClN3O2/c1-17-8-3-2-4-15(7-8)11(16)9-5-13-6-10(12)14-9/h5-6,8H,2-4,7H2,1H3. The van der Waals surface area contributed by atoms with Crippen molar-refractivity contribution in [2.24, 2.45) is 0 Å². The summed E-state index contributed by atoms with van der Waals surface area (Å²) in [7, 11) is 1.66. The van der Waals surface area contributed by atoms with Crippen LogP contribution in [0.3, 0.4) is 0 Å². The molecule has 1 fully saturated rings. The molecule has 17 heavy (non-hydrogen) atoms. The van der Waals surface area contributed by atoms with Crippen LogP contribution in [0.4, 0.5) is 0 Å². The predicted molar refractivity (Wildman–Crippen MR) is 63.0 cm³/mol. The minimum atomic E-state index is -0.137. The molecule has 5 nitrogen and oxygen atoms in total. The molecule has 1 unspecified atom stereocenters. The largest absolute Gasteiger partial charge is 0.380 e. The summed E-state index contributed by atoms with van der Waals surface area (Å²) >= 11 is 5.71. The zero-order chi connectivity index (χ0) is 12.3. The molecule has 1 aliphatic heterocycles. The molecule has 1 saturated heterocycles. The summed E-state index contributed by atoms with van der Waals surface area (Å²) in [6.45, 7) is 1.33. The third kappa shape index (κ3) is 2.92. The number of piperidine rings is 1. The molecule has 0 radical (unpaired) electrons. The van der Waals surface area contributed by atoms with Gasteiger partial charge in [0.25, 0.3) is 5.91 Å². The second-order valence-corrected chi connectivity index (χ2v) is 4.37. The molecular weight excluding hydrogens is 242 g/mol. The molecule has 0 N–H and O–H groups in total. The van der Waals surface area contributed by atoms with E-state index >= 15 is 0 Å². The lowest BCUT2D eigenvalue weighted by molar-refractivity contribution is 0.0265. The van der Waals surface area contributed by atoms with Crippen molar-refractivity contribution in [3.05, 3.63) is 23.2 Å². The highest BCUT2D eigenvalue weighted by molar-refractivity contribution is 6.29. The summed E-state index contributed by atoms with van der Waals surface area (Å²) in [5.41, 5.74) is 0.286. The number of hydrogen-bond donors (Lipinski definition) is 0. The van der Waals surface area contributed by atoms with Crippen molar-refractivity contribution in [1.82, 2.24) is 14.9 Å². The van der Waals surface area contributed by atoms with E-state index in [0.717, 1.165) is 19.4 Å². The molecule has 0 saturated carbocycles. The Labute approximate surface area is 105 Å². The van der Waals surface area contributed by atoms with Crippen molar-refractivity contribution in [2.75, 3.05) is 20.2 Å². The quantitative estimate of drug-likeness (QED) is 0.801. The number of carbonyl (C=O) groups excluding carboxylic acids is 1. The van der Waals surface area contributed by atoms with Crippen LogP contribution in [-0.2, 0) is 4.74 Å². The highest BCUT2D eigenvalue weighted by Crippen LogP contribution is 2.15. The van der Waals surface area contributed by atoms with Crippen molar-refractivity contribution in [2.45, 2.75) is 18.9 Å². The van der Waals surface area contributed by atoms with Gasteiger partial charge in [-0.2, -0.15) is 0 Å². The average Bonchev–Trinajstić information content (AvgIpc) is 2.38. The second-order valence-electron chi connectivity index (χ2n) is 3.98. The van der Waals surface area contributed by atoms with Crippen LogP contribution in [-0.4, -0.2) is 47.1 Å². The number of rotatable bonds is 2. The molecule has 2 rings (SSSR count). The molecular formula is C11H14ClN3O2. The van der Waals surface area contributed by atoms with Crippen molar-refractivity contribution < 1.29 is 9.53 Å². The fourth-order valence-corrected chi connectivity index (χ4v) is 2.07. The maximum Gasteiger partial charge on any atom is 0.274 e. The van der Waals surface area contributed by atoms with Crippen LogP contribution >= 0.6 is 11.6 Å². The van der Waals surface area contributed by atoms with Crippen molar-refractivity contribution in [3.63, 3.8) is 0 Å². The lowest BCUT2D eigenvalue weighted by Gasteiger charge is -2.31. The number of ether oxygens (including phenoxy) is 1. The Morgan fingerprint density at radius 2 is 2.41 bits per heavy atom. The summed E-state index contributed by atoms with van der Waals surface area (Å²) in [5, 5.41) is 0.233. The first-order chi connectivity index (χ1) is 8.20. The number of halogens is 1. The summed E-state index contributed by atoms with van der Waals surface area (Å²) in [4.78, 5) is 21.7. The number of carbonyl (C=O) groups is 1. The SMILES string of the molecule is COC1CCCN(C(=O)c2cncc(Cl)n2)C1. The second kappa shape index (κ2) is 5.42. The van der Waals surface area contributed by atoms with Gasteiger partial charge in [-0.05, 0) is 12.8 Å². The Morgan fingerprint density at radius 1 is 1.59 bits per heavy atom. The van der Waals surface area contributed by atoms with Crippen LogP contribution in [0.2, 0.25) is 5.15 Å². The van der Waals surface area contributed by atoms with Gasteiger partial charge in [-0.15, -0.1) is 0 Å². The Hall–Kier alpha value is -1.20. The molecule has 1 aromatic rings. The predicted octanol–water partition coefficient (Wildman–Crippen LogP) is 1.38.